The molecular weight excluding hydrogens is 284 g/mol. The average molecular weight is 304 g/mol. The van der Waals surface area contributed by atoms with Crippen molar-refractivity contribution < 1.29 is 4.79 Å². The molecule has 1 aliphatic carbocycles. The van der Waals surface area contributed by atoms with Crippen molar-refractivity contribution in [1.29, 1.82) is 0 Å². The lowest BCUT2D eigenvalue weighted by Gasteiger charge is -2.33. The third-order valence-corrected chi connectivity index (χ3v) is 4.06. The summed E-state index contributed by atoms with van der Waals surface area (Å²) in [5.74, 6) is -0.163. The van der Waals surface area contributed by atoms with Crippen LogP contribution in [0.3, 0.4) is 0 Å². The van der Waals surface area contributed by atoms with Gasteiger partial charge in [0.15, 0.2) is 0 Å². The van der Waals surface area contributed by atoms with E-state index in [1.165, 1.54) is 0 Å². The van der Waals surface area contributed by atoms with Gasteiger partial charge in [-0.15, -0.1) is 0 Å². The zero-order chi connectivity index (χ0) is 16.3. The molecule has 1 amide bonds. The van der Waals surface area contributed by atoms with Crippen molar-refractivity contribution in [3.8, 4) is 0 Å². The maximum atomic E-state index is 12.6. The summed E-state index contributed by atoms with van der Waals surface area (Å²) >= 11 is 0. The number of carbonyl (C=O) groups is 1. The molecule has 3 nitrogen and oxygen atoms in total. The van der Waals surface area contributed by atoms with Gasteiger partial charge in [0.25, 0.3) is 5.91 Å². The fourth-order valence-electron chi connectivity index (χ4n) is 2.80. The Morgan fingerprint density at radius 3 is 2.78 bits per heavy atom. The lowest BCUT2D eigenvalue weighted by atomic mass is 9.91. The minimum atomic E-state index is -0.871. The zero-order valence-electron chi connectivity index (χ0n) is 13.1. The monoisotopic (exact) mass is 304 g/mol. The molecule has 1 aliphatic rings. The van der Waals surface area contributed by atoms with Crippen LogP contribution in [-0.4, -0.2) is 11.6 Å². The van der Waals surface area contributed by atoms with E-state index >= 15 is 0 Å². The predicted octanol–water partition coefficient (Wildman–Crippen LogP) is 3.69. The van der Waals surface area contributed by atoms with Crippen LogP contribution in [0.1, 0.15) is 23.7 Å². The number of amides is 1. The van der Waals surface area contributed by atoms with Crippen molar-refractivity contribution in [1.82, 2.24) is 5.32 Å². The van der Waals surface area contributed by atoms with Crippen LogP contribution in [0, 0.1) is 0 Å². The second-order valence-electron chi connectivity index (χ2n) is 5.74. The minimum Gasteiger partial charge on any atom is -0.330 e. The smallest absolute Gasteiger partial charge is 0.252 e. The molecule has 0 radical (unpaired) electrons. The molecule has 3 rings (SSSR count). The third-order valence-electron chi connectivity index (χ3n) is 4.06. The normalized spacial score (nSPS) is 20.7. The lowest BCUT2D eigenvalue weighted by Crippen LogP contribution is -2.57. The number of benzene rings is 2. The zero-order valence-corrected chi connectivity index (χ0v) is 13.1. The van der Waals surface area contributed by atoms with E-state index in [0.717, 1.165) is 16.3 Å². The van der Waals surface area contributed by atoms with E-state index in [4.69, 9.17) is 5.73 Å². The lowest BCUT2D eigenvalue weighted by molar-refractivity contribution is 0.0916. The first-order valence-electron chi connectivity index (χ1n) is 7.72. The Bertz CT molecular complexity index is 832. The molecule has 0 saturated heterocycles. The molecule has 0 spiro atoms. The van der Waals surface area contributed by atoms with E-state index in [9.17, 15) is 4.79 Å². The molecule has 0 heterocycles. The van der Waals surface area contributed by atoms with Gasteiger partial charge in [-0.05, 0) is 35.4 Å². The van der Waals surface area contributed by atoms with Crippen molar-refractivity contribution >= 4 is 16.7 Å². The van der Waals surface area contributed by atoms with Gasteiger partial charge >= 0.3 is 0 Å². The van der Waals surface area contributed by atoms with Crippen LogP contribution in [0.25, 0.3) is 10.8 Å². The first-order valence-corrected chi connectivity index (χ1v) is 7.72. The van der Waals surface area contributed by atoms with Gasteiger partial charge in [-0.1, -0.05) is 60.7 Å². The van der Waals surface area contributed by atoms with Gasteiger partial charge in [-0.3, -0.25) is 4.79 Å². The summed E-state index contributed by atoms with van der Waals surface area (Å²) in [6.07, 6.45) is 10.3. The molecule has 2 aromatic rings. The fourth-order valence-corrected chi connectivity index (χ4v) is 2.80. The Morgan fingerprint density at radius 1 is 1.22 bits per heavy atom. The van der Waals surface area contributed by atoms with E-state index in [-0.39, 0.29) is 5.91 Å². The highest BCUT2D eigenvalue weighted by Crippen LogP contribution is 2.23. The van der Waals surface area contributed by atoms with Crippen LogP contribution in [0.5, 0.6) is 0 Å². The summed E-state index contributed by atoms with van der Waals surface area (Å²) in [7, 11) is 0. The number of hydrogen-bond donors (Lipinski definition) is 2. The van der Waals surface area contributed by atoms with Crippen LogP contribution in [0.15, 0.2) is 78.4 Å². The largest absolute Gasteiger partial charge is 0.330 e. The number of fused-ring (bicyclic) bond motifs is 1. The summed E-state index contributed by atoms with van der Waals surface area (Å²) in [4.78, 5) is 12.6. The molecule has 1 atom stereocenters. The van der Waals surface area contributed by atoms with E-state index in [0.29, 0.717) is 12.0 Å². The van der Waals surface area contributed by atoms with Gasteiger partial charge in [-0.25, -0.2) is 0 Å². The number of allylic oxidation sites excluding steroid dienone is 3. The van der Waals surface area contributed by atoms with Crippen LogP contribution >= 0.6 is 0 Å². The van der Waals surface area contributed by atoms with Gasteiger partial charge in [0.05, 0.1) is 0 Å². The Balaban J connectivity index is 1.87. The fraction of sp³-hybridized carbons (Fsp3) is 0.150. The van der Waals surface area contributed by atoms with E-state index in [1.54, 1.807) is 0 Å². The summed E-state index contributed by atoms with van der Waals surface area (Å²) in [6.45, 7) is 1.94. The van der Waals surface area contributed by atoms with Gasteiger partial charge in [0, 0.05) is 12.0 Å². The maximum Gasteiger partial charge on any atom is 0.252 e. The second-order valence-corrected chi connectivity index (χ2v) is 5.74. The van der Waals surface area contributed by atoms with Crippen molar-refractivity contribution in [2.24, 2.45) is 5.73 Å². The average Bonchev–Trinajstić information content (AvgIpc) is 2.56. The molecule has 0 fully saturated rings. The highest BCUT2D eigenvalue weighted by Gasteiger charge is 2.30. The second kappa shape index (κ2) is 6.23. The molecule has 0 bridgehead atoms. The van der Waals surface area contributed by atoms with Gasteiger partial charge in [-0.2, -0.15) is 0 Å². The predicted molar refractivity (Wildman–Crippen MR) is 95.0 cm³/mol. The molecular formula is C20H20N2O. The van der Waals surface area contributed by atoms with Crippen LogP contribution in [-0.2, 0) is 0 Å². The summed E-state index contributed by atoms with van der Waals surface area (Å²) < 4.78 is 0. The van der Waals surface area contributed by atoms with Crippen molar-refractivity contribution in [3.05, 3.63) is 84.0 Å². The molecule has 2 aromatic carbocycles. The first kappa shape index (κ1) is 15.3. The Kier molecular flexibility index (Phi) is 4.13. The van der Waals surface area contributed by atoms with Crippen molar-refractivity contribution in [2.45, 2.75) is 19.0 Å². The summed E-state index contributed by atoms with van der Waals surface area (Å²) in [5.41, 5.74) is 7.08. The molecule has 3 heteroatoms. The van der Waals surface area contributed by atoms with Crippen LogP contribution < -0.4 is 11.1 Å². The summed E-state index contributed by atoms with van der Waals surface area (Å²) in [5, 5.41) is 5.13. The molecule has 23 heavy (non-hydrogen) atoms. The topological polar surface area (TPSA) is 55.1 Å². The highest BCUT2D eigenvalue weighted by atomic mass is 16.1. The van der Waals surface area contributed by atoms with Gasteiger partial charge in [0.1, 0.15) is 5.66 Å². The number of hydrogen-bond acceptors (Lipinski definition) is 2. The van der Waals surface area contributed by atoms with Crippen LogP contribution in [0.4, 0.5) is 0 Å². The Hall–Kier alpha value is -2.65. The standard InChI is InChI=1S/C20H20N2O/c1-2-7-18-10-5-6-13-20(18,21)22-19(23)17-12-11-15-8-3-4-9-16(15)14-17/h2-12,14H,13,21H2,1H3,(H,22,23)/b7-2+/t20-/m1/s1. The number of nitrogens with two attached hydrogens (primary N) is 1. The first-order chi connectivity index (χ1) is 11.1. The quantitative estimate of drug-likeness (QED) is 0.850. The third kappa shape index (κ3) is 3.10. The minimum absolute atomic E-state index is 0.163. The SMILES string of the molecule is C/C=C/C1=CC=CC[C@@]1(N)NC(=O)c1ccc2ccccc2c1. The van der Waals surface area contributed by atoms with E-state index < -0.39 is 5.66 Å². The van der Waals surface area contributed by atoms with Crippen molar-refractivity contribution in [3.63, 3.8) is 0 Å². The molecule has 0 aromatic heterocycles. The highest BCUT2D eigenvalue weighted by molar-refractivity contribution is 5.99. The van der Waals surface area contributed by atoms with E-state index in [1.807, 2.05) is 79.8 Å². The van der Waals surface area contributed by atoms with Crippen molar-refractivity contribution in [2.75, 3.05) is 0 Å². The maximum absolute atomic E-state index is 12.6. The Morgan fingerprint density at radius 2 is 2.00 bits per heavy atom. The molecule has 116 valence electrons. The summed E-state index contributed by atoms with van der Waals surface area (Å²) in [6, 6.07) is 13.7. The molecule has 0 unspecified atom stereocenters. The van der Waals surface area contributed by atoms with E-state index in [2.05, 4.69) is 5.32 Å². The number of nitrogens with one attached hydrogen (secondary N) is 1. The Labute approximate surface area is 136 Å². The molecule has 0 saturated carbocycles. The molecule has 3 N–H and O–H groups in total. The number of carbonyl (C=O) groups excluding carboxylic acids is 1. The number of rotatable bonds is 3. The molecule has 0 aliphatic heterocycles. The van der Waals surface area contributed by atoms with Crippen LogP contribution in [0.2, 0.25) is 0 Å². The van der Waals surface area contributed by atoms with Gasteiger partial charge < -0.3 is 11.1 Å². The van der Waals surface area contributed by atoms with Gasteiger partial charge in [0.2, 0.25) is 0 Å².